The monoisotopic (exact) mass is 414 g/mol. The van der Waals surface area contributed by atoms with Gasteiger partial charge in [-0.25, -0.2) is 5.10 Å². The Kier molecular flexibility index (Phi) is 4.89. The maximum Gasteiger partial charge on any atom is 0.416 e. The number of nitrogens with zero attached hydrogens (tertiary/aromatic N) is 3. The minimum absolute atomic E-state index is 0.296. The Morgan fingerprint density at radius 2 is 1.76 bits per heavy atom. The van der Waals surface area contributed by atoms with Gasteiger partial charge in [0, 0.05) is 11.1 Å². The molecule has 146 valence electrons. The number of aromatic amines is 1. The highest BCUT2D eigenvalue weighted by atomic mass is 32.1. The molecule has 0 saturated heterocycles. The zero-order valence-electron chi connectivity index (χ0n) is 14.7. The number of hydrogen-bond acceptors (Lipinski definition) is 4. The first-order chi connectivity index (χ1) is 13.9. The molecule has 0 amide bonds. The summed E-state index contributed by atoms with van der Waals surface area (Å²) in [5, 5.41) is 11.2. The normalized spacial score (nSPS) is 12.0. The molecule has 2 aromatic heterocycles. The molecule has 2 heterocycles. The molecule has 4 aromatic rings. The summed E-state index contributed by atoms with van der Waals surface area (Å²) >= 11 is 5.21. The summed E-state index contributed by atoms with van der Waals surface area (Å²) in [6.07, 6.45) is -2.99. The second-order valence-corrected chi connectivity index (χ2v) is 6.44. The lowest BCUT2D eigenvalue weighted by molar-refractivity contribution is -0.137. The second kappa shape index (κ2) is 7.51. The summed E-state index contributed by atoms with van der Waals surface area (Å²) < 4.78 is 46.1. The first-order valence-electron chi connectivity index (χ1n) is 8.46. The van der Waals surface area contributed by atoms with Gasteiger partial charge in [0.05, 0.1) is 11.8 Å². The van der Waals surface area contributed by atoms with Gasteiger partial charge in [0.15, 0.2) is 5.82 Å². The zero-order chi connectivity index (χ0) is 20.4. The highest BCUT2D eigenvalue weighted by Gasteiger charge is 2.30. The van der Waals surface area contributed by atoms with E-state index in [9.17, 15) is 13.2 Å². The van der Waals surface area contributed by atoms with Crippen LogP contribution in [0.3, 0.4) is 0 Å². The molecule has 4 rings (SSSR count). The second-order valence-electron chi connectivity index (χ2n) is 6.06. The molecular formula is C20H13F3N4OS. The Bertz CT molecular complexity index is 1220. The van der Waals surface area contributed by atoms with E-state index >= 15 is 0 Å². The van der Waals surface area contributed by atoms with Gasteiger partial charge in [-0.05, 0) is 36.5 Å². The Morgan fingerprint density at radius 1 is 1.00 bits per heavy atom. The van der Waals surface area contributed by atoms with Gasteiger partial charge < -0.3 is 4.42 Å². The van der Waals surface area contributed by atoms with Crippen LogP contribution in [0.15, 0.2) is 76.2 Å². The molecule has 0 atom stereocenters. The van der Waals surface area contributed by atoms with Gasteiger partial charge in [0.25, 0.3) is 0 Å². The molecule has 29 heavy (non-hydrogen) atoms. The Morgan fingerprint density at radius 3 is 2.52 bits per heavy atom. The molecule has 0 aliphatic rings. The highest BCUT2D eigenvalue weighted by molar-refractivity contribution is 7.71. The van der Waals surface area contributed by atoms with Crippen molar-refractivity contribution in [2.24, 2.45) is 5.10 Å². The zero-order valence-corrected chi connectivity index (χ0v) is 15.5. The van der Waals surface area contributed by atoms with Crippen LogP contribution in [0.2, 0.25) is 0 Å². The SMILES string of the molecule is FC(F)(F)c1cccc(-c2ccc(/C=N\n3c(-c4ccccc4)n[nH]c3=S)o2)c1. The first-order valence-corrected chi connectivity index (χ1v) is 8.87. The molecule has 0 aliphatic heterocycles. The van der Waals surface area contributed by atoms with Crippen LogP contribution in [0.5, 0.6) is 0 Å². The molecule has 0 spiro atoms. The van der Waals surface area contributed by atoms with E-state index in [-0.39, 0.29) is 0 Å². The average Bonchev–Trinajstić information content (AvgIpc) is 3.33. The quantitative estimate of drug-likeness (QED) is 0.341. The predicted molar refractivity (Wildman–Crippen MR) is 105 cm³/mol. The Balaban J connectivity index is 1.62. The maximum atomic E-state index is 12.9. The third-order valence-corrected chi connectivity index (χ3v) is 4.35. The summed E-state index contributed by atoms with van der Waals surface area (Å²) in [5.74, 6) is 1.19. The predicted octanol–water partition coefficient (Wildman–Crippen LogP) is 5.77. The third kappa shape index (κ3) is 4.04. The van der Waals surface area contributed by atoms with Crippen LogP contribution in [-0.2, 0) is 6.18 Å². The van der Waals surface area contributed by atoms with Crippen molar-refractivity contribution in [1.82, 2.24) is 14.9 Å². The Labute approximate surface area is 168 Å². The molecule has 2 aromatic carbocycles. The van der Waals surface area contributed by atoms with Crippen molar-refractivity contribution in [3.63, 3.8) is 0 Å². The van der Waals surface area contributed by atoms with Crippen molar-refractivity contribution in [3.8, 4) is 22.7 Å². The van der Waals surface area contributed by atoms with Crippen LogP contribution in [-0.4, -0.2) is 21.1 Å². The number of halogens is 3. The van der Waals surface area contributed by atoms with E-state index in [1.165, 1.54) is 17.0 Å². The van der Waals surface area contributed by atoms with E-state index in [1.807, 2.05) is 30.3 Å². The van der Waals surface area contributed by atoms with Crippen molar-refractivity contribution < 1.29 is 17.6 Å². The lowest BCUT2D eigenvalue weighted by Crippen LogP contribution is -2.04. The van der Waals surface area contributed by atoms with E-state index < -0.39 is 11.7 Å². The number of benzene rings is 2. The fourth-order valence-electron chi connectivity index (χ4n) is 2.71. The standard InChI is InChI=1S/C20H13F3N4OS/c21-20(22,23)15-8-4-7-14(11-15)17-10-9-16(28-17)12-24-27-18(25-26-19(27)29)13-5-2-1-3-6-13/h1-12H,(H,26,29)/b24-12-. The molecular weight excluding hydrogens is 401 g/mol. The summed E-state index contributed by atoms with van der Waals surface area (Å²) in [7, 11) is 0. The lowest BCUT2D eigenvalue weighted by Gasteiger charge is -2.07. The van der Waals surface area contributed by atoms with Crippen molar-refractivity contribution in [2.75, 3.05) is 0 Å². The first kappa shape index (κ1) is 18.9. The van der Waals surface area contributed by atoms with Crippen molar-refractivity contribution in [1.29, 1.82) is 0 Å². The number of rotatable bonds is 4. The number of H-pyrrole nitrogens is 1. The van der Waals surface area contributed by atoms with Gasteiger partial charge in [-0.3, -0.25) is 0 Å². The lowest BCUT2D eigenvalue weighted by atomic mass is 10.1. The molecule has 0 fully saturated rings. The van der Waals surface area contributed by atoms with Gasteiger partial charge >= 0.3 is 6.18 Å². The molecule has 0 radical (unpaired) electrons. The summed E-state index contributed by atoms with van der Waals surface area (Å²) in [6, 6.07) is 17.5. The van der Waals surface area contributed by atoms with Crippen molar-refractivity contribution in [2.45, 2.75) is 6.18 Å². The topological polar surface area (TPSA) is 59.1 Å². The highest BCUT2D eigenvalue weighted by Crippen LogP contribution is 2.32. The van der Waals surface area contributed by atoms with Crippen molar-refractivity contribution >= 4 is 18.4 Å². The third-order valence-electron chi connectivity index (χ3n) is 4.08. The fourth-order valence-corrected chi connectivity index (χ4v) is 2.89. The summed E-state index contributed by atoms with van der Waals surface area (Å²) in [5.41, 5.74) is 0.407. The summed E-state index contributed by atoms with van der Waals surface area (Å²) in [6.45, 7) is 0. The van der Waals surface area contributed by atoms with Gasteiger partial charge in [-0.2, -0.15) is 28.0 Å². The van der Waals surface area contributed by atoms with Gasteiger partial charge in [-0.1, -0.05) is 42.5 Å². The van der Waals surface area contributed by atoms with Crippen LogP contribution in [0, 0.1) is 4.77 Å². The van der Waals surface area contributed by atoms with Gasteiger partial charge in [0.2, 0.25) is 4.77 Å². The van der Waals surface area contributed by atoms with E-state index in [0.29, 0.717) is 27.7 Å². The van der Waals surface area contributed by atoms with Crippen LogP contribution in [0.1, 0.15) is 11.3 Å². The number of aromatic nitrogens is 3. The number of hydrogen-bond donors (Lipinski definition) is 1. The summed E-state index contributed by atoms with van der Waals surface area (Å²) in [4.78, 5) is 0. The molecule has 9 heteroatoms. The molecule has 0 bridgehead atoms. The maximum absolute atomic E-state index is 12.9. The van der Waals surface area contributed by atoms with Crippen LogP contribution < -0.4 is 0 Å². The number of furan rings is 1. The molecule has 0 unspecified atom stereocenters. The minimum atomic E-state index is -4.42. The minimum Gasteiger partial charge on any atom is -0.455 e. The van der Waals surface area contributed by atoms with Gasteiger partial charge in [-0.15, -0.1) is 0 Å². The Hall–Kier alpha value is -3.46. The van der Waals surface area contributed by atoms with Crippen LogP contribution in [0.25, 0.3) is 22.7 Å². The van der Waals surface area contributed by atoms with E-state index in [4.69, 9.17) is 16.6 Å². The molecule has 5 nitrogen and oxygen atoms in total. The van der Waals surface area contributed by atoms with E-state index in [0.717, 1.165) is 17.7 Å². The fraction of sp³-hybridized carbons (Fsp3) is 0.0500. The van der Waals surface area contributed by atoms with E-state index in [1.54, 1.807) is 18.2 Å². The molecule has 0 saturated carbocycles. The van der Waals surface area contributed by atoms with E-state index in [2.05, 4.69) is 15.3 Å². The smallest absolute Gasteiger partial charge is 0.416 e. The largest absolute Gasteiger partial charge is 0.455 e. The van der Waals surface area contributed by atoms with Crippen LogP contribution >= 0.6 is 12.2 Å². The molecule has 0 aliphatic carbocycles. The van der Waals surface area contributed by atoms with Crippen LogP contribution in [0.4, 0.5) is 13.2 Å². The average molecular weight is 414 g/mol. The number of nitrogens with one attached hydrogen (secondary N) is 1. The number of alkyl halides is 3. The molecule has 1 N–H and O–H groups in total. The van der Waals surface area contributed by atoms with Crippen molar-refractivity contribution in [3.05, 3.63) is 82.8 Å². The van der Waals surface area contributed by atoms with Gasteiger partial charge in [0.1, 0.15) is 11.5 Å².